The molecular weight excluding hydrogens is 1540 g/mol. The minimum Gasteiger partial charge on any atom is -0.398 e. The fraction of sp³-hybridized carbons (Fsp3) is 0.312. The number of Topliss-reactive ketones (excluding diaryl/α,β-unsaturated/α-hetero) is 2. The Morgan fingerprint density at radius 3 is 1.03 bits per heavy atom. The van der Waals surface area contributed by atoms with Gasteiger partial charge in [0.15, 0.2) is 0 Å². The highest BCUT2D eigenvalue weighted by molar-refractivity contribution is 6.06. The molecule has 4 aliphatic rings. The molecule has 3 aliphatic heterocycles. The number of rotatable bonds is 6. The first-order valence-corrected chi connectivity index (χ1v) is 45.6. The maximum atomic E-state index is 12.5. The summed E-state index contributed by atoms with van der Waals surface area (Å²) in [7, 11) is 5.31. The Labute approximate surface area is 755 Å². The first-order chi connectivity index (χ1) is 61.2. The molecule has 668 valence electrons. The molecule has 0 aromatic heterocycles. The third-order valence-electron chi connectivity index (χ3n) is 18.3. The Balaban J connectivity index is 0. The van der Waals surface area contributed by atoms with Crippen molar-refractivity contribution < 1.29 is 24.0 Å². The van der Waals surface area contributed by atoms with Crippen molar-refractivity contribution in [2.75, 3.05) is 41.6 Å². The van der Waals surface area contributed by atoms with Crippen LogP contribution in [0.5, 0.6) is 0 Å². The highest BCUT2D eigenvalue weighted by Crippen LogP contribution is 2.42. The van der Waals surface area contributed by atoms with Crippen LogP contribution in [-0.2, 0) is 49.7 Å². The van der Waals surface area contributed by atoms with Gasteiger partial charge in [-0.3, -0.25) is 24.0 Å². The van der Waals surface area contributed by atoms with Crippen LogP contribution in [0, 0.1) is 0 Å². The maximum absolute atomic E-state index is 12.5. The zero-order valence-corrected chi connectivity index (χ0v) is 80.9. The largest absolute Gasteiger partial charge is 0.398 e. The molecule has 13 heteroatoms. The van der Waals surface area contributed by atoms with Gasteiger partial charge in [0.2, 0.25) is 17.7 Å². The minimum absolute atomic E-state index is 0.0765. The zero-order valence-electron chi connectivity index (χ0n) is 80.9. The summed E-state index contributed by atoms with van der Waals surface area (Å²) in [5.41, 5.74) is 43.7. The molecule has 0 saturated heterocycles. The third kappa shape index (κ3) is 33.9. The summed E-state index contributed by atoms with van der Waals surface area (Å²) in [5, 5.41) is 3.69. The van der Waals surface area contributed by atoms with Gasteiger partial charge in [0.05, 0.1) is 23.5 Å². The standard InChI is InChI=1S/C16H16O.C15H12N4O.C15H14N2O.C15H13NO.C15H12O.C12H11N.12C2H6/c1-2-15(17)12-14-10-6-7-11-16(14)13-8-4-3-5-9-13;1-19-13-9-5-4-7-11(13)10-6-2-3-8-12(10)14(15(19)20)17-18-16;1-17-13-9-5-4-7-11(13)10-6-2-3-8-12(10)14(16)15(17)18;1-16-14-9-5-4-8-13(14)12-7-3-2-6-11(12)10-15(16)17;16-13-9-11-5-1-3-7-14(11)15-8-4-2-6-12(15)10-13;13-12-9-5-4-8-11(12)10-6-2-1-3-7-10;12*1-2/h3-11H,2,12H2,1H3;2-9,14H,1H3;2-9,14H,16H2,1H3;2-9H,10H2,1H3;1-8H,9-10H2;1-9H,13H2;12*1-2H3. The number of nitrogens with two attached hydrogens (primary N) is 2. The Kier molecular flexibility index (Phi) is 63.1. The maximum Gasteiger partial charge on any atom is 0.248 e. The van der Waals surface area contributed by atoms with Gasteiger partial charge in [-0.05, 0) is 108 Å². The molecule has 4 N–H and O–H groups in total. The lowest BCUT2D eigenvalue weighted by Gasteiger charge is -2.19. The predicted octanol–water partition coefficient (Wildman–Crippen LogP) is 31.0. The Hall–Kier alpha value is -12.5. The molecule has 1 aliphatic carbocycles. The molecule has 0 saturated carbocycles. The molecule has 2 atom stereocenters. The summed E-state index contributed by atoms with van der Waals surface area (Å²) >= 11 is 0. The quantitative estimate of drug-likeness (QED) is 0.0715. The van der Waals surface area contributed by atoms with Crippen LogP contribution >= 0.6 is 0 Å². The molecule has 3 amide bonds. The number of azide groups is 1. The van der Waals surface area contributed by atoms with Crippen molar-refractivity contribution in [1.29, 1.82) is 0 Å². The van der Waals surface area contributed by atoms with Crippen molar-refractivity contribution in [3.63, 3.8) is 0 Å². The Bertz CT molecular complexity index is 4900. The van der Waals surface area contributed by atoms with Crippen molar-refractivity contribution in [2.24, 2.45) is 10.8 Å². The van der Waals surface area contributed by atoms with Crippen molar-refractivity contribution in [2.45, 2.75) is 217 Å². The summed E-state index contributed by atoms with van der Waals surface area (Å²) < 4.78 is 0. The first-order valence-electron chi connectivity index (χ1n) is 45.6. The molecule has 13 nitrogen and oxygen atoms in total. The SMILES string of the molecule is CC.CC.CC.CC.CC.CC.CC.CC.CC.CC.CC.CC.CCC(=O)Cc1ccccc1-c1ccccc1.CN1C(=O)C(N)c2ccccc2-c2ccccc21.CN1C(=O)C(N=[N+]=[N-])c2ccccc2-c2ccccc21.CN1C(=O)Cc2ccccc2-c2ccccc21.Nc1ccccc1-c1ccccc1.O=C1Cc2ccccc2-c2ccccc2C1. The summed E-state index contributed by atoms with van der Waals surface area (Å²) in [6, 6.07) is 98.4. The number of carbonyl (C=O) groups is 5. The second-order valence-corrected chi connectivity index (χ2v) is 24.6. The molecule has 16 rings (SSSR count). The second-order valence-electron chi connectivity index (χ2n) is 24.6. The van der Waals surface area contributed by atoms with E-state index in [0.29, 0.717) is 37.9 Å². The van der Waals surface area contributed by atoms with E-state index in [0.717, 1.165) is 95.1 Å². The van der Waals surface area contributed by atoms with Crippen LogP contribution in [0.2, 0.25) is 0 Å². The van der Waals surface area contributed by atoms with E-state index in [1.165, 1.54) is 27.8 Å². The Morgan fingerprint density at radius 2 is 0.624 bits per heavy atom. The van der Waals surface area contributed by atoms with Gasteiger partial charge in [-0.25, -0.2) is 0 Å². The van der Waals surface area contributed by atoms with Gasteiger partial charge in [0.25, 0.3) is 0 Å². The van der Waals surface area contributed by atoms with E-state index >= 15 is 0 Å². The van der Waals surface area contributed by atoms with Gasteiger partial charge in [0, 0.05) is 79.7 Å². The monoisotopic (exact) mass is 1690 g/mol. The number of hydrogen-bond donors (Lipinski definition) is 2. The molecule has 2 unspecified atom stereocenters. The summed E-state index contributed by atoms with van der Waals surface area (Å²) in [5.74, 6) is 0.431. The molecule has 12 aromatic carbocycles. The van der Waals surface area contributed by atoms with Gasteiger partial charge in [-0.2, -0.15) is 0 Å². The van der Waals surface area contributed by atoms with Gasteiger partial charge in [-0.15, -0.1) is 0 Å². The molecule has 0 bridgehead atoms. The summed E-state index contributed by atoms with van der Waals surface area (Å²) in [4.78, 5) is 68.0. The molecule has 12 aromatic rings. The lowest BCUT2D eigenvalue weighted by atomic mass is 9.96. The lowest BCUT2D eigenvalue weighted by Crippen LogP contribution is -2.34. The number of fused-ring (bicyclic) bond motifs is 12. The fourth-order valence-corrected chi connectivity index (χ4v) is 13.0. The molecule has 0 radical (unpaired) electrons. The van der Waals surface area contributed by atoms with Gasteiger partial charge in [0.1, 0.15) is 23.7 Å². The number of para-hydroxylation sites is 4. The van der Waals surface area contributed by atoms with Crippen LogP contribution in [0.15, 0.2) is 308 Å². The smallest absolute Gasteiger partial charge is 0.248 e. The van der Waals surface area contributed by atoms with Crippen LogP contribution in [0.25, 0.3) is 77.2 Å². The van der Waals surface area contributed by atoms with Crippen molar-refractivity contribution >= 4 is 52.0 Å². The number of nitrogens with zero attached hydrogens (tertiary/aromatic N) is 6. The van der Waals surface area contributed by atoms with Crippen molar-refractivity contribution in [3.05, 3.63) is 347 Å². The second kappa shape index (κ2) is 68.9. The van der Waals surface area contributed by atoms with E-state index in [9.17, 15) is 24.0 Å². The predicted molar refractivity (Wildman–Crippen MR) is 546 cm³/mol. The average molecular weight is 1690 g/mol. The van der Waals surface area contributed by atoms with Crippen molar-refractivity contribution in [3.8, 4) is 66.8 Å². The molecule has 125 heavy (non-hydrogen) atoms. The molecular formula is C112H150N8O5. The van der Waals surface area contributed by atoms with Gasteiger partial charge in [-0.1, -0.05) is 457 Å². The molecule has 0 fully saturated rings. The van der Waals surface area contributed by atoms with Gasteiger partial charge >= 0.3 is 0 Å². The fourth-order valence-electron chi connectivity index (χ4n) is 13.0. The lowest BCUT2D eigenvalue weighted by molar-refractivity contribution is -0.120. The van der Waals surface area contributed by atoms with Gasteiger partial charge < -0.3 is 26.2 Å². The summed E-state index contributed by atoms with van der Waals surface area (Å²) in [6.07, 6.45) is 2.72. The number of carbonyl (C=O) groups excluding carboxylic acids is 5. The van der Waals surface area contributed by atoms with Crippen LogP contribution < -0.4 is 26.2 Å². The normalized spacial score (nSPS) is 11.9. The van der Waals surface area contributed by atoms with E-state index in [4.69, 9.17) is 17.0 Å². The van der Waals surface area contributed by atoms with E-state index < -0.39 is 12.1 Å². The highest BCUT2D eigenvalue weighted by Gasteiger charge is 2.32. The van der Waals surface area contributed by atoms with Crippen molar-refractivity contribution in [1.82, 2.24) is 0 Å². The number of amides is 3. The van der Waals surface area contributed by atoms with E-state index in [2.05, 4.69) is 76.8 Å². The van der Waals surface area contributed by atoms with Crippen LogP contribution in [0.3, 0.4) is 0 Å². The van der Waals surface area contributed by atoms with Crippen LogP contribution in [0.1, 0.15) is 225 Å². The topological polar surface area (TPSA) is 196 Å². The number of hydrogen-bond acceptors (Lipinski definition) is 8. The minimum atomic E-state index is -0.825. The first kappa shape index (κ1) is 115. The number of ketones is 2. The van der Waals surface area contributed by atoms with E-state index in [1.807, 2.05) is 417 Å². The zero-order chi connectivity index (χ0) is 94.8. The number of likely N-dealkylation sites (N-methyl/N-ethyl adjacent to an activating group) is 3. The van der Waals surface area contributed by atoms with Crippen LogP contribution in [-0.4, -0.2) is 50.4 Å². The summed E-state index contributed by atoms with van der Waals surface area (Å²) in [6.45, 7) is 49.9. The molecule has 0 spiro atoms. The number of benzene rings is 12. The van der Waals surface area contributed by atoms with E-state index in [1.54, 1.807) is 28.8 Å². The Morgan fingerprint density at radius 1 is 0.336 bits per heavy atom. The highest BCUT2D eigenvalue weighted by atomic mass is 16.2. The van der Waals surface area contributed by atoms with Crippen LogP contribution in [0.4, 0.5) is 22.7 Å². The average Bonchev–Trinajstić information content (AvgIpc) is 1.64. The van der Waals surface area contributed by atoms with E-state index in [-0.39, 0.29) is 23.5 Å². The molecule has 3 heterocycles. The number of anilines is 4. The third-order valence-corrected chi connectivity index (χ3v) is 18.3. The number of nitrogen functional groups attached to an aromatic ring is 1.